The lowest BCUT2D eigenvalue weighted by molar-refractivity contribution is -0.654. The number of fused-ring (bicyclic) bond motifs is 12. The van der Waals surface area contributed by atoms with Crippen LogP contribution in [0.25, 0.3) is 93.1 Å². The molecule has 16 nitrogen and oxygen atoms in total. The summed E-state index contributed by atoms with van der Waals surface area (Å²) in [7, 11) is 15.8. The van der Waals surface area contributed by atoms with Gasteiger partial charge in [0, 0.05) is 137 Å². The van der Waals surface area contributed by atoms with Crippen LogP contribution in [0, 0.1) is 62.1 Å². The monoisotopic (exact) mass is 1240 g/mol. The van der Waals surface area contributed by atoms with Gasteiger partial charge in [0.25, 0.3) is 0 Å². The normalized spacial score (nSPS) is 15.6. The fraction of sp³-hybridized carbons (Fsp3) is 0.233. The molecule has 0 spiro atoms. The van der Waals surface area contributed by atoms with E-state index in [0.29, 0.717) is 39.5 Å². The number of hydrogen-bond acceptors (Lipinski definition) is 12. The first-order chi connectivity index (χ1) is 48.1. The van der Waals surface area contributed by atoms with E-state index in [1.165, 1.54) is 11.2 Å². The van der Waals surface area contributed by atoms with Crippen molar-refractivity contribution in [1.29, 1.82) is 0 Å². The van der Waals surface area contributed by atoms with Crippen molar-refractivity contribution < 1.29 is 48.3 Å². The molecular weight excluding hydrogens is 1150 g/mol. The van der Waals surface area contributed by atoms with Gasteiger partial charge in [-0.15, -0.1) is 0 Å². The molecule has 0 aliphatic carbocycles. The van der Waals surface area contributed by atoms with Crippen molar-refractivity contribution in [2.24, 2.45) is 28.2 Å². The Morgan fingerprint density at radius 3 is 1.02 bits per heavy atom. The smallest absolute Gasteiger partial charge is 0.396 e. The van der Waals surface area contributed by atoms with Gasteiger partial charge in [0.2, 0.25) is 22.9 Å². The van der Waals surface area contributed by atoms with Gasteiger partial charge in [0.15, 0.2) is 68.8 Å². The highest BCUT2D eigenvalue weighted by atomic mass is 16.3. The first-order valence-electron chi connectivity index (χ1n) is 35.4. The largest absolute Gasteiger partial charge is 0.436 e. The molecule has 0 fully saturated rings. The van der Waals surface area contributed by atoms with Crippen LogP contribution < -0.4 is 83.2 Å². The Kier molecular flexibility index (Phi) is 13.5. The fourth-order valence-electron chi connectivity index (χ4n) is 12.8. The average molecular weight is 1240 g/mol. The number of furan rings is 4. The van der Waals surface area contributed by atoms with Gasteiger partial charge >= 0.3 is 27.4 Å². The minimum Gasteiger partial charge on any atom is -0.436 e. The summed E-state index contributed by atoms with van der Waals surface area (Å²) in [6, 6.07) is 29.6. The van der Waals surface area contributed by atoms with Crippen LogP contribution in [0.15, 0.2) is 133 Å². The average Bonchev–Trinajstić information content (AvgIpc) is 1.52. The summed E-state index contributed by atoms with van der Waals surface area (Å²) in [6.07, 6.45) is 15.2. The number of nitrogens with zero attached hydrogens (tertiary/aromatic N) is 12. The highest BCUT2D eigenvalue weighted by molar-refractivity contribution is 6.84. The first-order valence-corrected chi connectivity index (χ1v) is 30.9. The van der Waals surface area contributed by atoms with Crippen LogP contribution in [0.2, 0.25) is 0 Å². The first kappa shape index (κ1) is 51.4. The Labute approximate surface area is 555 Å². The molecule has 16 rings (SSSR count). The zero-order chi connectivity index (χ0) is 72.9. The zero-order valence-corrected chi connectivity index (χ0v) is 54.9. The maximum atomic E-state index is 7.72. The SMILES string of the molecule is Cc1cc[n+](C)c(B2C=c3c(oc4nc(C)ccc34)=CN2C)c1.[2H]C([2H])([2H])c1c[n+](C)c(B2C=c3c(oc4nc(C)ccc34)=CN2C)cc1C.[2H]C([2H])([2H])c1ccc(B2C=c3c(oc4nc(C)ccc34)=CN2C)[n+](C)c1.[2H]C([2H])([2H])c1ccc(B2C=c3c(oc4nc(C)ccc34)=CN2C)[n+](C)c1. The predicted molar refractivity (Wildman–Crippen MR) is 374 cm³/mol. The molecule has 12 aromatic heterocycles. The Hall–Kier alpha value is -10.2. The third-order valence-electron chi connectivity index (χ3n) is 17.8. The Bertz CT molecular complexity index is 5760. The maximum Gasteiger partial charge on any atom is 0.396 e. The Balaban J connectivity index is 0.000000122. The lowest BCUT2D eigenvalue weighted by Gasteiger charge is -2.21. The molecule has 0 amide bonds. The lowest BCUT2D eigenvalue weighted by Crippen LogP contribution is -2.61. The molecule has 4 aliphatic heterocycles. The van der Waals surface area contributed by atoms with Gasteiger partial charge < -0.3 is 36.9 Å². The molecule has 93 heavy (non-hydrogen) atoms. The van der Waals surface area contributed by atoms with Crippen molar-refractivity contribution in [3.8, 4) is 0 Å². The third-order valence-corrected chi connectivity index (χ3v) is 17.8. The molecule has 0 saturated heterocycles. The minimum atomic E-state index is -2.12. The van der Waals surface area contributed by atoms with Gasteiger partial charge in [0.1, 0.15) is 28.2 Å². The molecule has 0 atom stereocenters. The molecule has 16 heterocycles. The van der Waals surface area contributed by atoms with Gasteiger partial charge in [-0.3, -0.25) is 0 Å². The molecule has 0 unspecified atom stereocenters. The minimum absolute atomic E-state index is 0.0275. The van der Waals surface area contributed by atoms with Crippen LogP contribution in [0.4, 0.5) is 0 Å². The topological polar surface area (TPSA) is 133 Å². The van der Waals surface area contributed by atoms with Gasteiger partial charge in [-0.25, -0.2) is 38.2 Å². The Morgan fingerprint density at radius 1 is 0.355 bits per heavy atom. The van der Waals surface area contributed by atoms with E-state index in [1.54, 1.807) is 30.7 Å². The predicted octanol–water partition coefficient (Wildman–Crippen LogP) is 0.992. The van der Waals surface area contributed by atoms with Gasteiger partial charge in [-0.05, 0) is 174 Å². The molecule has 0 bridgehead atoms. The molecule has 20 heteroatoms. The summed E-state index contributed by atoms with van der Waals surface area (Å²) >= 11 is 0. The van der Waals surface area contributed by atoms with Crippen LogP contribution in [0.5, 0.6) is 0 Å². The second-order valence-corrected chi connectivity index (χ2v) is 24.9. The maximum absolute atomic E-state index is 7.72. The fourth-order valence-corrected chi connectivity index (χ4v) is 12.8. The van der Waals surface area contributed by atoms with E-state index in [2.05, 4.69) is 119 Å². The van der Waals surface area contributed by atoms with E-state index in [-0.39, 0.29) is 27.4 Å². The van der Waals surface area contributed by atoms with Crippen LogP contribution >= 0.6 is 0 Å². The molecule has 4 aliphatic rings. The van der Waals surface area contributed by atoms with Crippen LogP contribution in [0.3, 0.4) is 0 Å². The number of aromatic nitrogens is 8. The molecular formula is C73H78B4N12O4+4. The van der Waals surface area contributed by atoms with E-state index in [4.69, 9.17) is 30.0 Å². The molecule has 0 N–H and O–H groups in total. The van der Waals surface area contributed by atoms with Crippen LogP contribution in [-0.2, 0) is 28.2 Å². The van der Waals surface area contributed by atoms with Crippen molar-refractivity contribution in [3.05, 3.63) is 209 Å². The summed E-state index contributed by atoms with van der Waals surface area (Å²) in [4.78, 5) is 26.3. The second-order valence-electron chi connectivity index (χ2n) is 24.9. The highest BCUT2D eigenvalue weighted by Gasteiger charge is 2.35. The van der Waals surface area contributed by atoms with E-state index < -0.39 is 20.6 Å². The number of aryl methyl sites for hydroxylation is 13. The Morgan fingerprint density at radius 2 is 0.688 bits per heavy atom. The number of rotatable bonds is 4. The summed E-state index contributed by atoms with van der Waals surface area (Å²) in [6.45, 7) is 5.53. The summed E-state index contributed by atoms with van der Waals surface area (Å²) in [5, 5.41) is 8.25. The molecule has 0 saturated carbocycles. The molecule has 12 aromatic rings. The van der Waals surface area contributed by atoms with E-state index in [1.807, 2.05) is 170 Å². The number of pyridine rings is 8. The molecule has 0 radical (unpaired) electrons. The van der Waals surface area contributed by atoms with E-state index in [9.17, 15) is 0 Å². The summed E-state index contributed by atoms with van der Waals surface area (Å²) in [5.41, 5.74) is 16.9. The molecule has 462 valence electrons. The van der Waals surface area contributed by atoms with Gasteiger partial charge in [0.05, 0.1) is 0 Å². The number of hydrogen-bond donors (Lipinski definition) is 0. The second kappa shape index (κ2) is 24.4. The lowest BCUT2D eigenvalue weighted by atomic mass is 9.55. The third kappa shape index (κ3) is 11.9. The summed E-state index contributed by atoms with van der Waals surface area (Å²) < 4.78 is 100. The van der Waals surface area contributed by atoms with Crippen molar-refractivity contribution in [1.82, 2.24) is 39.2 Å². The van der Waals surface area contributed by atoms with Crippen molar-refractivity contribution in [2.75, 3.05) is 28.2 Å². The summed E-state index contributed by atoms with van der Waals surface area (Å²) in [5.74, 6) is 8.71. The van der Waals surface area contributed by atoms with Gasteiger partial charge in [-0.2, -0.15) is 0 Å². The van der Waals surface area contributed by atoms with Crippen molar-refractivity contribution in [3.63, 3.8) is 0 Å². The zero-order valence-electron chi connectivity index (χ0n) is 63.9. The van der Waals surface area contributed by atoms with E-state index >= 15 is 0 Å². The standard InChI is InChI=1S/C19H21BN3O.3C18H19BN3O/c1-12-8-18(22(4)10-13(12)2)20-9-16-15-7-6-14(3)21-19(15)24-17(16)11-23(20)5;2*1-12-5-8-17(21(3)10-12)19-9-15-14-7-6-13(2)20-18(14)23-16(15)11-22(19)4;1-12-7-8-21(3)17(9-12)19-10-15-14-6-5-13(2)20-18(14)23-16(15)11-22(19)4/h6-11H,1-5H3;3*5-11H,1-4H3/q4*+1/i2D3;2*1D3;. The van der Waals surface area contributed by atoms with Crippen LogP contribution in [-0.4, -0.2) is 94.8 Å². The molecule has 0 aromatic carbocycles. The van der Waals surface area contributed by atoms with Crippen molar-refractivity contribution in [2.45, 2.75) is 62.1 Å². The quantitative estimate of drug-likeness (QED) is 0.184. The van der Waals surface area contributed by atoms with Gasteiger partial charge in [-0.1, -0.05) is 23.9 Å². The van der Waals surface area contributed by atoms with E-state index in [0.717, 1.165) is 109 Å². The van der Waals surface area contributed by atoms with Crippen LogP contribution in [0.1, 0.15) is 62.9 Å². The highest BCUT2D eigenvalue weighted by Crippen LogP contribution is 2.14. The van der Waals surface area contributed by atoms with Crippen molar-refractivity contribution >= 4 is 143 Å².